The molecule has 0 saturated carbocycles. The summed E-state index contributed by atoms with van der Waals surface area (Å²) < 4.78 is 1.85. The maximum atomic E-state index is 4.37. The van der Waals surface area contributed by atoms with Crippen LogP contribution in [0.15, 0.2) is 18.7 Å². The lowest BCUT2D eigenvalue weighted by Crippen LogP contribution is -2.09. The van der Waals surface area contributed by atoms with E-state index in [-0.39, 0.29) is 6.04 Å². The summed E-state index contributed by atoms with van der Waals surface area (Å²) in [4.78, 5) is 13.0. The molecule has 0 aliphatic carbocycles. The fourth-order valence-electron chi connectivity index (χ4n) is 1.67. The monoisotopic (exact) mass is 246 g/mol. The second-order valence-electron chi connectivity index (χ2n) is 4.30. The Labute approximate surface area is 106 Å². The van der Waals surface area contributed by atoms with Crippen molar-refractivity contribution in [2.24, 2.45) is 0 Å². The van der Waals surface area contributed by atoms with E-state index >= 15 is 0 Å². The van der Waals surface area contributed by atoms with Crippen LogP contribution in [-0.4, -0.2) is 31.3 Å². The van der Waals surface area contributed by atoms with Gasteiger partial charge < -0.3 is 5.32 Å². The van der Waals surface area contributed by atoms with E-state index in [1.165, 1.54) is 0 Å². The van der Waals surface area contributed by atoms with E-state index in [4.69, 9.17) is 0 Å². The second kappa shape index (κ2) is 5.57. The molecule has 6 heteroatoms. The van der Waals surface area contributed by atoms with Gasteiger partial charge in [-0.3, -0.25) is 0 Å². The zero-order valence-corrected chi connectivity index (χ0v) is 11.0. The van der Waals surface area contributed by atoms with Gasteiger partial charge in [-0.25, -0.2) is 19.6 Å². The molecule has 0 amide bonds. The molecule has 2 aromatic rings. The molecule has 6 nitrogen and oxygen atoms in total. The Hall–Kier alpha value is -1.98. The highest BCUT2D eigenvalue weighted by Crippen LogP contribution is 2.23. The summed E-state index contributed by atoms with van der Waals surface area (Å²) in [5, 5.41) is 7.49. The normalized spacial score (nSPS) is 10.9. The van der Waals surface area contributed by atoms with Crippen molar-refractivity contribution in [2.75, 3.05) is 11.9 Å². The molecule has 0 unspecified atom stereocenters. The fourth-order valence-corrected chi connectivity index (χ4v) is 1.67. The third-order valence-corrected chi connectivity index (χ3v) is 2.51. The Morgan fingerprint density at radius 2 is 2.00 bits per heavy atom. The van der Waals surface area contributed by atoms with Crippen LogP contribution in [0.3, 0.4) is 0 Å². The zero-order chi connectivity index (χ0) is 13.0. The summed E-state index contributed by atoms with van der Waals surface area (Å²) in [6, 6.07) is 0.239. The predicted molar refractivity (Wildman–Crippen MR) is 70.2 cm³/mol. The van der Waals surface area contributed by atoms with Crippen molar-refractivity contribution in [3.05, 3.63) is 18.7 Å². The molecule has 0 fully saturated rings. The number of nitrogens with one attached hydrogen (secondary N) is 1. The SMILES string of the molecule is CCCNc1nccnc1-c1ncnn1C(C)C. The van der Waals surface area contributed by atoms with Crippen LogP contribution >= 0.6 is 0 Å². The lowest BCUT2D eigenvalue weighted by Gasteiger charge is -2.11. The van der Waals surface area contributed by atoms with Gasteiger partial charge in [0.15, 0.2) is 11.6 Å². The van der Waals surface area contributed by atoms with Crippen molar-refractivity contribution >= 4 is 5.82 Å². The first-order valence-electron chi connectivity index (χ1n) is 6.18. The molecule has 0 aliphatic heterocycles. The molecule has 2 heterocycles. The Morgan fingerprint density at radius 1 is 1.22 bits per heavy atom. The Kier molecular flexibility index (Phi) is 3.86. The molecule has 0 aromatic carbocycles. The average Bonchev–Trinajstić information content (AvgIpc) is 2.86. The van der Waals surface area contributed by atoms with Crippen LogP contribution in [0.5, 0.6) is 0 Å². The van der Waals surface area contributed by atoms with E-state index < -0.39 is 0 Å². The topological polar surface area (TPSA) is 68.5 Å². The number of hydrogen-bond donors (Lipinski definition) is 1. The first-order valence-corrected chi connectivity index (χ1v) is 6.18. The van der Waals surface area contributed by atoms with Gasteiger partial charge in [0.1, 0.15) is 12.0 Å². The van der Waals surface area contributed by atoms with E-state index in [1.54, 1.807) is 18.7 Å². The van der Waals surface area contributed by atoms with Gasteiger partial charge in [0.05, 0.1) is 0 Å². The predicted octanol–water partition coefficient (Wildman–Crippen LogP) is 2.14. The van der Waals surface area contributed by atoms with Gasteiger partial charge in [0.2, 0.25) is 0 Å². The van der Waals surface area contributed by atoms with Crippen molar-refractivity contribution in [1.82, 2.24) is 24.7 Å². The van der Waals surface area contributed by atoms with Crippen LogP contribution in [0.1, 0.15) is 33.2 Å². The van der Waals surface area contributed by atoms with Gasteiger partial charge >= 0.3 is 0 Å². The number of nitrogens with zero attached hydrogens (tertiary/aromatic N) is 5. The summed E-state index contributed by atoms with van der Waals surface area (Å²) in [5.74, 6) is 1.51. The van der Waals surface area contributed by atoms with Crippen LogP contribution < -0.4 is 5.32 Å². The number of anilines is 1. The summed E-state index contributed by atoms with van der Waals surface area (Å²) in [7, 11) is 0. The highest BCUT2D eigenvalue weighted by atomic mass is 15.4. The van der Waals surface area contributed by atoms with Crippen molar-refractivity contribution in [3.8, 4) is 11.5 Å². The highest BCUT2D eigenvalue weighted by Gasteiger charge is 2.15. The van der Waals surface area contributed by atoms with Gasteiger partial charge in [-0.15, -0.1) is 0 Å². The molecule has 0 atom stereocenters. The van der Waals surface area contributed by atoms with Crippen LogP contribution in [0, 0.1) is 0 Å². The van der Waals surface area contributed by atoms with Gasteiger partial charge in [0, 0.05) is 25.0 Å². The average molecular weight is 246 g/mol. The Morgan fingerprint density at radius 3 is 2.72 bits per heavy atom. The molecule has 0 saturated heterocycles. The summed E-state index contributed by atoms with van der Waals surface area (Å²) in [5.41, 5.74) is 0.747. The second-order valence-corrected chi connectivity index (χ2v) is 4.30. The minimum Gasteiger partial charge on any atom is -0.368 e. The molecule has 0 aliphatic rings. The van der Waals surface area contributed by atoms with Gasteiger partial charge in [-0.1, -0.05) is 6.92 Å². The standard InChI is InChI=1S/C12H18N6/c1-4-5-14-11-10(13-6-7-15-11)12-16-8-17-18(12)9(2)3/h6-9H,4-5H2,1-3H3,(H,14,15). The minimum absolute atomic E-state index is 0.239. The number of aromatic nitrogens is 5. The first kappa shape index (κ1) is 12.5. The van der Waals surface area contributed by atoms with E-state index in [0.717, 1.165) is 30.3 Å². The molecule has 0 bridgehead atoms. The molecular weight excluding hydrogens is 228 g/mol. The van der Waals surface area contributed by atoms with Crippen molar-refractivity contribution in [2.45, 2.75) is 33.2 Å². The fraction of sp³-hybridized carbons (Fsp3) is 0.500. The highest BCUT2D eigenvalue weighted by molar-refractivity contribution is 5.65. The molecule has 2 rings (SSSR count). The maximum absolute atomic E-state index is 4.37. The first-order chi connectivity index (χ1) is 8.74. The molecule has 1 N–H and O–H groups in total. The van der Waals surface area contributed by atoms with Crippen molar-refractivity contribution in [3.63, 3.8) is 0 Å². The number of rotatable bonds is 5. The zero-order valence-electron chi connectivity index (χ0n) is 11.0. The van der Waals surface area contributed by atoms with E-state index in [0.29, 0.717) is 0 Å². The third kappa shape index (κ3) is 2.47. The van der Waals surface area contributed by atoms with Crippen molar-refractivity contribution < 1.29 is 0 Å². The molecule has 0 radical (unpaired) electrons. The number of hydrogen-bond acceptors (Lipinski definition) is 5. The summed E-state index contributed by atoms with van der Waals surface area (Å²) in [6.07, 6.45) is 5.93. The van der Waals surface area contributed by atoms with Crippen molar-refractivity contribution in [1.29, 1.82) is 0 Å². The van der Waals surface area contributed by atoms with Crippen LogP contribution in [0.25, 0.3) is 11.5 Å². The van der Waals surface area contributed by atoms with E-state index in [2.05, 4.69) is 46.1 Å². The Bertz CT molecular complexity index is 505. The Balaban J connectivity index is 2.40. The quantitative estimate of drug-likeness (QED) is 0.875. The van der Waals surface area contributed by atoms with Gasteiger partial charge in [-0.05, 0) is 20.3 Å². The van der Waals surface area contributed by atoms with Gasteiger partial charge in [-0.2, -0.15) is 5.10 Å². The maximum Gasteiger partial charge on any atom is 0.180 e. The largest absolute Gasteiger partial charge is 0.368 e. The minimum atomic E-state index is 0.239. The lowest BCUT2D eigenvalue weighted by atomic mass is 10.3. The smallest absolute Gasteiger partial charge is 0.180 e. The molecule has 18 heavy (non-hydrogen) atoms. The van der Waals surface area contributed by atoms with Crippen LogP contribution in [-0.2, 0) is 0 Å². The molecular formula is C12H18N6. The third-order valence-electron chi connectivity index (χ3n) is 2.51. The van der Waals surface area contributed by atoms with E-state index in [1.807, 2.05) is 4.68 Å². The molecule has 0 spiro atoms. The lowest BCUT2D eigenvalue weighted by molar-refractivity contribution is 0.536. The van der Waals surface area contributed by atoms with Crippen LogP contribution in [0.2, 0.25) is 0 Å². The summed E-state index contributed by atoms with van der Waals surface area (Å²) in [6.45, 7) is 7.10. The van der Waals surface area contributed by atoms with Crippen LogP contribution in [0.4, 0.5) is 5.82 Å². The van der Waals surface area contributed by atoms with E-state index in [9.17, 15) is 0 Å². The molecule has 96 valence electrons. The summed E-state index contributed by atoms with van der Waals surface area (Å²) >= 11 is 0. The molecule has 2 aromatic heterocycles. The van der Waals surface area contributed by atoms with Gasteiger partial charge in [0.25, 0.3) is 0 Å².